The molecule has 2 aliphatic rings. The lowest BCUT2D eigenvalue weighted by molar-refractivity contribution is -0.000298. The molecule has 1 saturated carbocycles. The summed E-state index contributed by atoms with van der Waals surface area (Å²) in [6.07, 6.45) is 8.65. The zero-order valence-corrected chi connectivity index (χ0v) is 12.8. The van der Waals surface area contributed by atoms with Gasteiger partial charge in [-0.05, 0) is 32.1 Å². The molecule has 1 heterocycles. The first-order valence-corrected chi connectivity index (χ1v) is 9.29. The lowest BCUT2D eigenvalue weighted by Crippen LogP contribution is -2.43. The number of hydrogen-bond donors (Lipinski definition) is 0. The third-order valence-electron chi connectivity index (χ3n) is 4.26. The van der Waals surface area contributed by atoms with Crippen LogP contribution in [0.3, 0.4) is 0 Å². The topological polar surface area (TPSA) is 46.6 Å². The van der Waals surface area contributed by atoms with Gasteiger partial charge in [-0.3, -0.25) is 0 Å². The highest BCUT2D eigenvalue weighted by atomic mass is 32.2. The molecule has 1 atom stereocenters. The van der Waals surface area contributed by atoms with Gasteiger partial charge in [-0.2, -0.15) is 4.31 Å². The molecule has 0 aromatic heterocycles. The van der Waals surface area contributed by atoms with Crippen molar-refractivity contribution in [2.24, 2.45) is 0 Å². The molecular formula is C14H27NO3S. The molecule has 19 heavy (non-hydrogen) atoms. The molecule has 0 N–H and O–H groups in total. The van der Waals surface area contributed by atoms with E-state index in [9.17, 15) is 8.42 Å². The van der Waals surface area contributed by atoms with Crippen LogP contribution in [0.5, 0.6) is 0 Å². The number of nitrogens with zero attached hydrogens (tertiary/aromatic N) is 1. The molecule has 0 amide bonds. The minimum Gasteiger partial charge on any atom is -0.362 e. The Morgan fingerprint density at radius 3 is 2.53 bits per heavy atom. The first-order chi connectivity index (χ1) is 9.16. The van der Waals surface area contributed by atoms with Gasteiger partial charge in [0.05, 0.1) is 5.25 Å². The Labute approximate surface area is 117 Å². The average Bonchev–Trinajstić information content (AvgIpc) is 2.89. The SMILES string of the molecule is CCCCOC1CCCN1S(=O)(=O)C1CCCCC1. The summed E-state index contributed by atoms with van der Waals surface area (Å²) in [5.41, 5.74) is 0. The smallest absolute Gasteiger partial charge is 0.219 e. The maximum atomic E-state index is 12.7. The molecule has 0 aromatic rings. The Bertz CT molecular complexity index is 363. The summed E-state index contributed by atoms with van der Waals surface area (Å²) in [4.78, 5) is 0. The molecule has 0 radical (unpaired) electrons. The Morgan fingerprint density at radius 2 is 1.84 bits per heavy atom. The van der Waals surface area contributed by atoms with Gasteiger partial charge >= 0.3 is 0 Å². The van der Waals surface area contributed by atoms with Crippen LogP contribution < -0.4 is 0 Å². The van der Waals surface area contributed by atoms with Crippen molar-refractivity contribution in [2.45, 2.75) is 76.2 Å². The molecular weight excluding hydrogens is 262 g/mol. The second-order valence-electron chi connectivity index (χ2n) is 5.74. The van der Waals surface area contributed by atoms with E-state index in [-0.39, 0.29) is 11.5 Å². The van der Waals surface area contributed by atoms with E-state index in [2.05, 4.69) is 6.92 Å². The van der Waals surface area contributed by atoms with Gasteiger partial charge in [0, 0.05) is 13.2 Å². The van der Waals surface area contributed by atoms with Crippen LogP contribution in [0.4, 0.5) is 0 Å². The Kier molecular flexibility index (Phi) is 5.66. The first-order valence-electron chi connectivity index (χ1n) is 7.78. The summed E-state index contributed by atoms with van der Waals surface area (Å²) < 4.78 is 32.8. The van der Waals surface area contributed by atoms with Crippen LogP contribution in [0.2, 0.25) is 0 Å². The van der Waals surface area contributed by atoms with Crippen molar-refractivity contribution in [1.29, 1.82) is 0 Å². The maximum Gasteiger partial charge on any atom is 0.219 e. The van der Waals surface area contributed by atoms with E-state index >= 15 is 0 Å². The minimum atomic E-state index is -3.14. The van der Waals surface area contributed by atoms with E-state index in [1.54, 1.807) is 4.31 Å². The number of sulfonamides is 1. The van der Waals surface area contributed by atoms with Crippen molar-refractivity contribution in [1.82, 2.24) is 4.31 Å². The molecule has 0 bridgehead atoms. The summed E-state index contributed by atoms with van der Waals surface area (Å²) >= 11 is 0. The van der Waals surface area contributed by atoms with Gasteiger partial charge in [0.2, 0.25) is 10.0 Å². The van der Waals surface area contributed by atoms with E-state index in [0.29, 0.717) is 13.2 Å². The quantitative estimate of drug-likeness (QED) is 0.706. The molecule has 1 aliphatic carbocycles. The van der Waals surface area contributed by atoms with E-state index in [0.717, 1.165) is 51.4 Å². The third-order valence-corrected chi connectivity index (χ3v) is 6.64. The van der Waals surface area contributed by atoms with Crippen LogP contribution in [-0.2, 0) is 14.8 Å². The maximum absolute atomic E-state index is 12.7. The molecule has 0 aromatic carbocycles. The molecule has 4 nitrogen and oxygen atoms in total. The standard InChI is InChI=1S/C14H27NO3S/c1-2-3-12-18-14-10-7-11-15(14)19(16,17)13-8-5-4-6-9-13/h13-14H,2-12H2,1H3. The van der Waals surface area contributed by atoms with E-state index < -0.39 is 10.0 Å². The van der Waals surface area contributed by atoms with Crippen LogP contribution in [0.15, 0.2) is 0 Å². The highest BCUT2D eigenvalue weighted by Crippen LogP contribution is 2.31. The lowest BCUT2D eigenvalue weighted by atomic mass is 10.0. The number of unbranched alkanes of at least 4 members (excludes halogenated alkanes) is 1. The van der Waals surface area contributed by atoms with Crippen LogP contribution in [0.1, 0.15) is 64.7 Å². The van der Waals surface area contributed by atoms with Gasteiger partial charge in [0.15, 0.2) is 0 Å². The second-order valence-corrected chi connectivity index (χ2v) is 7.90. The van der Waals surface area contributed by atoms with E-state index in [1.807, 2.05) is 0 Å². The number of ether oxygens (including phenoxy) is 1. The van der Waals surface area contributed by atoms with Gasteiger partial charge in [0.25, 0.3) is 0 Å². The Hall–Kier alpha value is -0.130. The minimum absolute atomic E-state index is 0.156. The number of rotatable bonds is 6. The van der Waals surface area contributed by atoms with E-state index in [1.165, 1.54) is 6.42 Å². The molecule has 5 heteroatoms. The van der Waals surface area contributed by atoms with Crippen molar-refractivity contribution in [3.63, 3.8) is 0 Å². The summed E-state index contributed by atoms with van der Waals surface area (Å²) in [5, 5.41) is -0.156. The highest BCUT2D eigenvalue weighted by Gasteiger charge is 2.39. The zero-order chi connectivity index (χ0) is 13.7. The summed E-state index contributed by atoms with van der Waals surface area (Å²) in [6.45, 7) is 3.45. The number of hydrogen-bond acceptors (Lipinski definition) is 3. The predicted octanol–water partition coefficient (Wildman–Crippen LogP) is 2.89. The molecule has 2 fully saturated rings. The fraction of sp³-hybridized carbons (Fsp3) is 1.00. The molecule has 2 rings (SSSR count). The fourth-order valence-electron chi connectivity index (χ4n) is 3.09. The third kappa shape index (κ3) is 3.70. The molecule has 1 saturated heterocycles. The zero-order valence-electron chi connectivity index (χ0n) is 12.0. The molecule has 1 aliphatic heterocycles. The van der Waals surface area contributed by atoms with Gasteiger partial charge < -0.3 is 4.74 Å². The van der Waals surface area contributed by atoms with Crippen molar-refractivity contribution in [2.75, 3.05) is 13.2 Å². The summed E-state index contributed by atoms with van der Waals surface area (Å²) in [7, 11) is -3.14. The molecule has 112 valence electrons. The van der Waals surface area contributed by atoms with Gasteiger partial charge in [0.1, 0.15) is 6.23 Å². The summed E-state index contributed by atoms with van der Waals surface area (Å²) in [6, 6.07) is 0. The monoisotopic (exact) mass is 289 g/mol. The van der Waals surface area contributed by atoms with Crippen molar-refractivity contribution in [3.8, 4) is 0 Å². The van der Waals surface area contributed by atoms with Gasteiger partial charge in [-0.15, -0.1) is 0 Å². The Balaban J connectivity index is 1.97. The average molecular weight is 289 g/mol. The largest absolute Gasteiger partial charge is 0.362 e. The lowest BCUT2D eigenvalue weighted by Gasteiger charge is -2.30. The van der Waals surface area contributed by atoms with Gasteiger partial charge in [-0.25, -0.2) is 8.42 Å². The van der Waals surface area contributed by atoms with Crippen LogP contribution in [0, 0.1) is 0 Å². The summed E-state index contributed by atoms with van der Waals surface area (Å²) in [5.74, 6) is 0. The van der Waals surface area contributed by atoms with Crippen LogP contribution in [0.25, 0.3) is 0 Å². The normalized spacial score (nSPS) is 26.9. The first kappa shape index (κ1) is 15.3. The van der Waals surface area contributed by atoms with Crippen LogP contribution in [-0.4, -0.2) is 37.4 Å². The van der Waals surface area contributed by atoms with Crippen molar-refractivity contribution >= 4 is 10.0 Å². The van der Waals surface area contributed by atoms with Gasteiger partial charge in [-0.1, -0.05) is 32.6 Å². The Morgan fingerprint density at radius 1 is 1.11 bits per heavy atom. The molecule has 0 spiro atoms. The highest BCUT2D eigenvalue weighted by molar-refractivity contribution is 7.89. The van der Waals surface area contributed by atoms with Crippen molar-refractivity contribution in [3.05, 3.63) is 0 Å². The molecule has 1 unspecified atom stereocenters. The predicted molar refractivity (Wildman–Crippen MR) is 76.4 cm³/mol. The van der Waals surface area contributed by atoms with Crippen LogP contribution >= 0.6 is 0 Å². The van der Waals surface area contributed by atoms with E-state index in [4.69, 9.17) is 4.74 Å². The van der Waals surface area contributed by atoms with Crippen molar-refractivity contribution < 1.29 is 13.2 Å². The second kappa shape index (κ2) is 7.04. The fourth-order valence-corrected chi connectivity index (χ4v) is 5.28.